The first kappa shape index (κ1) is 25.0. The molecule has 0 spiro atoms. The second kappa shape index (κ2) is 11.2. The molecule has 0 saturated heterocycles. The Morgan fingerprint density at radius 1 is 0.600 bits per heavy atom. The lowest BCUT2D eigenvalue weighted by Gasteiger charge is -2.26. The van der Waals surface area contributed by atoms with Gasteiger partial charge in [-0.15, -0.1) is 0 Å². The molecule has 3 heteroatoms. The van der Waals surface area contributed by atoms with Gasteiger partial charge in [0.1, 0.15) is 0 Å². The summed E-state index contributed by atoms with van der Waals surface area (Å²) in [5, 5.41) is 2.32. The molecule has 0 saturated carbocycles. The maximum Gasteiger partial charge on any atom is 0.0709 e. The fraction of sp³-hybridized carbons (Fsp3) is 0.0270. The number of para-hydroxylation sites is 1. The topological polar surface area (TPSA) is 29.0 Å². The summed E-state index contributed by atoms with van der Waals surface area (Å²) < 4.78 is 0. The van der Waals surface area contributed by atoms with Crippen molar-refractivity contribution in [1.29, 1.82) is 0 Å². The zero-order valence-electron chi connectivity index (χ0n) is 22.4. The summed E-state index contributed by atoms with van der Waals surface area (Å²) in [6, 6.07) is 40.2. The highest BCUT2D eigenvalue weighted by molar-refractivity contribution is 5.86. The first-order valence-electron chi connectivity index (χ1n) is 13.4. The van der Waals surface area contributed by atoms with Crippen molar-refractivity contribution in [3.05, 3.63) is 158 Å². The molecule has 6 rings (SSSR count). The fourth-order valence-corrected chi connectivity index (χ4v) is 4.94. The molecule has 0 fully saturated rings. The molecule has 6 aromatic rings. The normalized spacial score (nSPS) is 11.1. The van der Waals surface area contributed by atoms with Crippen molar-refractivity contribution in [3.8, 4) is 22.5 Å². The van der Waals surface area contributed by atoms with E-state index in [1.807, 2.05) is 36.7 Å². The average Bonchev–Trinajstić information content (AvgIpc) is 3.01. The van der Waals surface area contributed by atoms with Gasteiger partial charge in [-0.1, -0.05) is 91.5 Å². The molecule has 2 aromatic heterocycles. The van der Waals surface area contributed by atoms with E-state index in [1.54, 1.807) is 6.08 Å². The van der Waals surface area contributed by atoms with Crippen molar-refractivity contribution in [2.45, 2.75) is 6.92 Å². The first-order chi connectivity index (χ1) is 19.7. The third-order valence-electron chi connectivity index (χ3n) is 7.01. The minimum atomic E-state index is 0.942. The molecule has 40 heavy (non-hydrogen) atoms. The van der Waals surface area contributed by atoms with E-state index in [2.05, 4.69) is 122 Å². The predicted molar refractivity (Wildman–Crippen MR) is 169 cm³/mol. The molecule has 0 unspecified atom stereocenters. The maximum atomic E-state index is 4.77. The van der Waals surface area contributed by atoms with Gasteiger partial charge in [0.05, 0.1) is 11.4 Å². The number of anilines is 3. The SMILES string of the molecule is C=C/C=C\c1cnc(-c2cccc(N(c3ccccc3)c3cccc(-c4cc5ccccc5cn4)c3)c2)cc1C. The summed E-state index contributed by atoms with van der Waals surface area (Å²) in [6.45, 7) is 5.88. The molecule has 0 N–H and O–H groups in total. The maximum absolute atomic E-state index is 4.77. The van der Waals surface area contributed by atoms with E-state index in [0.717, 1.165) is 50.5 Å². The van der Waals surface area contributed by atoms with Gasteiger partial charge in [0, 0.05) is 46.0 Å². The summed E-state index contributed by atoms with van der Waals surface area (Å²) in [5.74, 6) is 0. The molecule has 4 aromatic carbocycles. The lowest BCUT2D eigenvalue weighted by Crippen LogP contribution is -2.10. The number of allylic oxidation sites excluding steroid dienone is 2. The van der Waals surface area contributed by atoms with Crippen LogP contribution < -0.4 is 4.90 Å². The fourth-order valence-electron chi connectivity index (χ4n) is 4.94. The molecule has 2 heterocycles. The monoisotopic (exact) mass is 515 g/mol. The smallest absolute Gasteiger partial charge is 0.0709 e. The number of hydrogen-bond donors (Lipinski definition) is 0. The predicted octanol–water partition coefficient (Wildman–Crippen LogP) is 9.94. The lowest BCUT2D eigenvalue weighted by atomic mass is 10.0. The van der Waals surface area contributed by atoms with Gasteiger partial charge in [0.25, 0.3) is 0 Å². The summed E-state index contributed by atoms with van der Waals surface area (Å²) in [5.41, 5.74) is 9.48. The zero-order valence-corrected chi connectivity index (χ0v) is 22.4. The van der Waals surface area contributed by atoms with Crippen LogP contribution in [0.4, 0.5) is 17.1 Å². The standard InChI is InChI=1S/C37H29N3/c1-3-4-12-31-25-38-36(21-27(31)2)29-15-10-19-34(22-29)40(33-17-6-5-7-18-33)35-20-11-16-30(23-35)37-24-28-13-8-9-14-32(28)26-39-37/h3-26H,1H2,2H3/b12-4-. The Labute approximate surface area is 235 Å². The van der Waals surface area contributed by atoms with Crippen LogP contribution in [-0.2, 0) is 0 Å². The number of fused-ring (bicyclic) bond motifs is 1. The molecule has 0 atom stereocenters. The van der Waals surface area contributed by atoms with Gasteiger partial charge in [0.2, 0.25) is 0 Å². The lowest BCUT2D eigenvalue weighted by molar-refractivity contribution is 1.25. The van der Waals surface area contributed by atoms with Gasteiger partial charge < -0.3 is 4.90 Å². The number of nitrogens with zero attached hydrogens (tertiary/aromatic N) is 3. The summed E-state index contributed by atoms with van der Waals surface area (Å²) in [6.07, 6.45) is 9.61. The van der Waals surface area contributed by atoms with Gasteiger partial charge >= 0.3 is 0 Å². The summed E-state index contributed by atoms with van der Waals surface area (Å²) >= 11 is 0. The van der Waals surface area contributed by atoms with E-state index in [0.29, 0.717) is 0 Å². The summed E-state index contributed by atoms with van der Waals surface area (Å²) in [4.78, 5) is 11.8. The highest BCUT2D eigenvalue weighted by Gasteiger charge is 2.15. The molecule has 3 nitrogen and oxygen atoms in total. The summed E-state index contributed by atoms with van der Waals surface area (Å²) in [7, 11) is 0. The number of aryl methyl sites for hydroxylation is 1. The van der Waals surface area contributed by atoms with Crippen LogP contribution in [-0.4, -0.2) is 9.97 Å². The molecule has 0 radical (unpaired) electrons. The van der Waals surface area contributed by atoms with Crippen LogP contribution in [0.15, 0.2) is 146 Å². The molecule has 192 valence electrons. The van der Waals surface area contributed by atoms with Gasteiger partial charge in [0.15, 0.2) is 0 Å². The number of aromatic nitrogens is 2. The van der Waals surface area contributed by atoms with Crippen LogP contribution in [0.1, 0.15) is 11.1 Å². The van der Waals surface area contributed by atoms with Crippen molar-refractivity contribution in [2.24, 2.45) is 0 Å². The minimum absolute atomic E-state index is 0.942. The molecule has 0 aliphatic heterocycles. The largest absolute Gasteiger partial charge is 0.310 e. The van der Waals surface area contributed by atoms with Crippen LogP contribution in [0.25, 0.3) is 39.4 Å². The van der Waals surface area contributed by atoms with Crippen LogP contribution in [0.5, 0.6) is 0 Å². The second-order valence-electron chi connectivity index (χ2n) is 9.71. The Balaban J connectivity index is 1.43. The first-order valence-corrected chi connectivity index (χ1v) is 13.4. The van der Waals surface area contributed by atoms with Crippen LogP contribution in [0, 0.1) is 6.92 Å². The Kier molecular flexibility index (Phi) is 7.02. The van der Waals surface area contributed by atoms with Crippen LogP contribution >= 0.6 is 0 Å². The van der Waals surface area contributed by atoms with Crippen LogP contribution in [0.2, 0.25) is 0 Å². The van der Waals surface area contributed by atoms with Gasteiger partial charge in [-0.05, 0) is 72.0 Å². The van der Waals surface area contributed by atoms with Gasteiger partial charge in [-0.2, -0.15) is 0 Å². The molecular weight excluding hydrogens is 486 g/mol. The highest BCUT2D eigenvalue weighted by Crippen LogP contribution is 2.38. The average molecular weight is 516 g/mol. The molecule has 0 amide bonds. The van der Waals surface area contributed by atoms with Crippen molar-refractivity contribution < 1.29 is 0 Å². The molecular formula is C37H29N3. The number of benzene rings is 4. The van der Waals surface area contributed by atoms with Crippen molar-refractivity contribution in [3.63, 3.8) is 0 Å². The minimum Gasteiger partial charge on any atom is -0.310 e. The zero-order chi connectivity index (χ0) is 27.3. The van der Waals surface area contributed by atoms with Crippen molar-refractivity contribution in [1.82, 2.24) is 9.97 Å². The third-order valence-corrected chi connectivity index (χ3v) is 7.01. The van der Waals surface area contributed by atoms with E-state index in [9.17, 15) is 0 Å². The Hall–Kier alpha value is -5.28. The van der Waals surface area contributed by atoms with E-state index >= 15 is 0 Å². The highest BCUT2D eigenvalue weighted by atomic mass is 15.1. The molecule has 0 bridgehead atoms. The van der Waals surface area contributed by atoms with Gasteiger partial charge in [-0.25, -0.2) is 0 Å². The van der Waals surface area contributed by atoms with E-state index in [-0.39, 0.29) is 0 Å². The van der Waals surface area contributed by atoms with E-state index in [1.165, 1.54) is 10.9 Å². The molecule has 0 aliphatic rings. The Bertz CT molecular complexity index is 1840. The third kappa shape index (κ3) is 5.18. The number of hydrogen-bond acceptors (Lipinski definition) is 3. The quantitative estimate of drug-likeness (QED) is 0.198. The van der Waals surface area contributed by atoms with Gasteiger partial charge in [-0.3, -0.25) is 9.97 Å². The number of rotatable bonds is 7. The Morgan fingerprint density at radius 2 is 1.20 bits per heavy atom. The van der Waals surface area contributed by atoms with Crippen molar-refractivity contribution in [2.75, 3.05) is 4.90 Å². The second-order valence-corrected chi connectivity index (χ2v) is 9.71. The van der Waals surface area contributed by atoms with E-state index in [4.69, 9.17) is 9.97 Å². The number of pyridine rings is 2. The van der Waals surface area contributed by atoms with Crippen LogP contribution in [0.3, 0.4) is 0 Å². The Morgan fingerprint density at radius 3 is 1.88 bits per heavy atom. The molecule has 0 aliphatic carbocycles. The van der Waals surface area contributed by atoms with E-state index < -0.39 is 0 Å². The van der Waals surface area contributed by atoms with Crippen molar-refractivity contribution >= 4 is 33.9 Å².